The molecule has 30 N–H and O–H groups in total. The van der Waals surface area contributed by atoms with Crippen LogP contribution in [0.25, 0.3) is 0 Å². The molecule has 35 nitrogen and oxygen atoms in total. The molecule has 0 aliphatic rings. The minimum atomic E-state index is -4.41. The van der Waals surface area contributed by atoms with E-state index in [4.69, 9.17) is 127 Å². The van der Waals surface area contributed by atoms with Crippen LogP contribution in [-0.4, -0.2) is 158 Å². The Kier molecular flexibility index (Phi) is 58.4. The number of hydrogen-bond donors (Lipinski definition) is 25. The van der Waals surface area contributed by atoms with Crippen LogP contribution >= 0.6 is 76.0 Å². The van der Waals surface area contributed by atoms with E-state index in [2.05, 4.69) is 0 Å². The van der Waals surface area contributed by atoms with Gasteiger partial charge in [0.15, 0.2) is 0 Å². The van der Waals surface area contributed by atoms with Gasteiger partial charge in [-0.25, -0.2) is 0 Å². The molecular formula is C15H60N5Na5O30P10. The Balaban J connectivity index is -0.0000000401. The predicted octanol–water partition coefficient (Wildman–Crippen LogP) is -19.3. The molecule has 0 spiro atoms. The molecule has 0 aliphatic carbocycles. The Morgan fingerprint density at radius 1 is 0.246 bits per heavy atom. The van der Waals surface area contributed by atoms with E-state index in [1.54, 1.807) is 0 Å². The SMILES string of the molecule is NC(CCP(=O)(O)O)P(=O)(O)O.NC(CCP(=O)(O)O)P(=O)(O)O.NC(CCP(=O)(O)O)P(=O)(O)O.NC(CCP(=O)(O)O)P(=O)(O)O.NC(CCP(=O)(O)O)P(=O)(O)O.[H-].[H-].[H-].[H-].[H-].[Na+].[Na+].[Na+].[Na+].[Na+]. The van der Waals surface area contributed by atoms with Gasteiger partial charge in [0.2, 0.25) is 0 Å². The summed E-state index contributed by atoms with van der Waals surface area (Å²) in [6, 6.07) is 0. The van der Waals surface area contributed by atoms with Crippen LogP contribution in [-0.2, 0) is 45.7 Å². The van der Waals surface area contributed by atoms with Gasteiger partial charge in [0, 0.05) is 0 Å². The molecule has 0 aliphatic heterocycles. The molecule has 50 heteroatoms. The molecule has 0 rings (SSSR count). The van der Waals surface area contributed by atoms with Gasteiger partial charge in [-0.1, -0.05) is 0 Å². The third-order valence-corrected chi connectivity index (χ3v) is 15.6. The summed E-state index contributed by atoms with van der Waals surface area (Å²) < 4.78 is 103. The molecule has 0 heterocycles. The normalized spacial score (nSPS) is 14.8. The van der Waals surface area contributed by atoms with E-state index in [0.717, 1.165) is 0 Å². The topological polar surface area (TPSA) is 705 Å². The minimum Gasteiger partial charge on any atom is -1.00 e. The van der Waals surface area contributed by atoms with Crippen LogP contribution in [0.2, 0.25) is 0 Å². The zero-order chi connectivity index (χ0) is 50.0. The van der Waals surface area contributed by atoms with Gasteiger partial charge >= 0.3 is 224 Å². The second-order valence-electron chi connectivity index (χ2n) is 11.7. The fourth-order valence-corrected chi connectivity index (χ4v) is 8.76. The maximum absolute atomic E-state index is 10.4. The largest absolute Gasteiger partial charge is 1.00 e. The summed E-state index contributed by atoms with van der Waals surface area (Å²) in [6.07, 6.45) is -5.03. The number of nitrogens with two attached hydrogens (primary N) is 5. The predicted molar refractivity (Wildman–Crippen MR) is 213 cm³/mol. The maximum Gasteiger partial charge on any atom is 1.00 e. The molecule has 0 bridgehead atoms. The summed E-state index contributed by atoms with van der Waals surface area (Å²) in [5.74, 6) is -7.48. The van der Waals surface area contributed by atoms with Gasteiger partial charge in [0.1, 0.15) is 28.9 Å². The first-order valence-electron chi connectivity index (χ1n) is 14.9. The first kappa shape index (κ1) is 93.8. The molecule has 0 saturated carbocycles. The maximum atomic E-state index is 10.4. The summed E-state index contributed by atoms with van der Waals surface area (Å²) in [5.41, 5.74) is 24.8. The molecule has 65 heavy (non-hydrogen) atoms. The van der Waals surface area contributed by atoms with Gasteiger partial charge in [0.25, 0.3) is 0 Å². The second-order valence-corrected chi connectivity index (χ2v) is 29.8. The minimum absolute atomic E-state index is 0. The van der Waals surface area contributed by atoms with Crippen LogP contribution in [0.4, 0.5) is 0 Å². The van der Waals surface area contributed by atoms with Gasteiger partial charge in [-0.05, 0) is 32.1 Å². The summed E-state index contributed by atoms with van der Waals surface area (Å²) in [5, 5.41) is 0. The van der Waals surface area contributed by atoms with E-state index in [0.29, 0.717) is 0 Å². The van der Waals surface area contributed by atoms with Crippen molar-refractivity contribution in [3.8, 4) is 0 Å². The molecule has 5 atom stereocenters. The van der Waals surface area contributed by atoms with Crippen molar-refractivity contribution in [3.63, 3.8) is 0 Å². The molecule has 0 saturated heterocycles. The van der Waals surface area contributed by atoms with Gasteiger partial charge in [-0.2, -0.15) is 0 Å². The quantitative estimate of drug-likeness (QED) is 0.0398. The Bertz CT molecular complexity index is 1490. The monoisotopic (exact) mass is 1220 g/mol. The van der Waals surface area contributed by atoms with Gasteiger partial charge < -0.3 is 134 Å². The number of rotatable bonds is 20. The molecule has 380 valence electrons. The molecule has 0 radical (unpaired) electrons. The smallest absolute Gasteiger partial charge is 1.00 e. The zero-order valence-electron chi connectivity index (χ0n) is 40.3. The van der Waals surface area contributed by atoms with Crippen LogP contribution in [0, 0.1) is 0 Å². The fraction of sp³-hybridized carbons (Fsp3) is 1.00. The van der Waals surface area contributed by atoms with E-state index in [1.807, 2.05) is 0 Å². The molecular weight excluding hydrogens is 1150 g/mol. The first-order valence-corrected chi connectivity index (χ1v) is 32.3. The number of hydrogen-bond acceptors (Lipinski definition) is 15. The van der Waals surface area contributed by atoms with Crippen molar-refractivity contribution in [2.45, 2.75) is 61.0 Å². The van der Waals surface area contributed by atoms with Crippen LogP contribution in [0.15, 0.2) is 0 Å². The Hall–Kier alpha value is 6.30. The van der Waals surface area contributed by atoms with Crippen molar-refractivity contribution in [2.75, 3.05) is 30.8 Å². The van der Waals surface area contributed by atoms with E-state index >= 15 is 0 Å². The average molecular weight is 1220 g/mol. The van der Waals surface area contributed by atoms with Gasteiger partial charge in [0.05, 0.1) is 30.8 Å². The average Bonchev–Trinajstić information content (AvgIpc) is 2.95. The summed E-state index contributed by atoms with van der Waals surface area (Å²) in [7, 11) is -43.1. The van der Waals surface area contributed by atoms with Crippen molar-refractivity contribution in [1.82, 2.24) is 0 Å². The van der Waals surface area contributed by atoms with E-state index in [1.165, 1.54) is 0 Å². The summed E-state index contributed by atoms with van der Waals surface area (Å²) in [4.78, 5) is 168. The van der Waals surface area contributed by atoms with Crippen molar-refractivity contribution in [1.29, 1.82) is 0 Å². The Morgan fingerprint density at radius 2 is 0.323 bits per heavy atom. The van der Waals surface area contributed by atoms with E-state index < -0.39 is 168 Å². The second kappa shape index (κ2) is 40.5. The fourth-order valence-electron chi connectivity index (χ4n) is 2.34. The van der Waals surface area contributed by atoms with Crippen LogP contribution in [0.1, 0.15) is 39.2 Å². The van der Waals surface area contributed by atoms with E-state index in [-0.39, 0.29) is 155 Å². The van der Waals surface area contributed by atoms with Gasteiger partial charge in [-0.3, -0.25) is 45.7 Å². The van der Waals surface area contributed by atoms with Crippen molar-refractivity contribution in [2.24, 2.45) is 28.7 Å². The standard InChI is InChI=1S/5C3H11NO6P2.5Na.5H/c5*4-3(12(8,9)10)1-2-11(5,6)7;;;;;;;;;;/h5*3H,1-2,4H2,(H2,5,6,7)(H2,8,9,10);;;;;;;;;;/q;;;;;5*+1;5*-1. The van der Waals surface area contributed by atoms with Crippen molar-refractivity contribution >= 4 is 76.0 Å². The van der Waals surface area contributed by atoms with Crippen LogP contribution in [0.3, 0.4) is 0 Å². The third-order valence-electron chi connectivity index (χ3n) is 5.74. The van der Waals surface area contributed by atoms with Crippen molar-refractivity contribution in [3.05, 3.63) is 0 Å². The summed E-state index contributed by atoms with van der Waals surface area (Å²) >= 11 is 0. The molecule has 0 fully saturated rings. The molecule has 0 aromatic heterocycles. The van der Waals surface area contributed by atoms with Gasteiger partial charge in [-0.15, -0.1) is 0 Å². The third kappa shape index (κ3) is 74.6. The molecule has 0 aromatic rings. The van der Waals surface area contributed by atoms with Crippen LogP contribution in [0.5, 0.6) is 0 Å². The molecule has 0 aromatic carbocycles. The van der Waals surface area contributed by atoms with E-state index in [9.17, 15) is 45.7 Å². The molecule has 5 unspecified atom stereocenters. The van der Waals surface area contributed by atoms with Crippen molar-refractivity contribution < 1.29 is 298 Å². The Labute approximate surface area is 489 Å². The van der Waals surface area contributed by atoms with Crippen LogP contribution < -0.4 is 176 Å². The zero-order valence-corrected chi connectivity index (χ0v) is 54.3. The molecule has 0 amide bonds. The Morgan fingerprint density at radius 3 is 0.369 bits per heavy atom. The first-order chi connectivity index (χ1) is 25.6. The summed E-state index contributed by atoms with van der Waals surface area (Å²) in [6.45, 7) is 0.